The summed E-state index contributed by atoms with van der Waals surface area (Å²) in [5.41, 5.74) is 0.693. The zero-order valence-electron chi connectivity index (χ0n) is 15.4. The third kappa shape index (κ3) is 3.53. The number of benzene rings is 2. The van der Waals surface area contributed by atoms with Crippen molar-refractivity contribution in [1.29, 1.82) is 0 Å². The number of piperazine rings is 1. The minimum absolute atomic E-state index is 0.0165. The van der Waals surface area contributed by atoms with Crippen molar-refractivity contribution in [2.45, 2.75) is 9.92 Å². The highest BCUT2D eigenvalue weighted by Gasteiger charge is 2.32. The maximum atomic E-state index is 13.3. The summed E-state index contributed by atoms with van der Waals surface area (Å²) in [6, 6.07) is 13.9. The Labute approximate surface area is 163 Å². The molecule has 0 aliphatic carbocycles. The lowest BCUT2D eigenvalue weighted by Crippen LogP contribution is -2.44. The van der Waals surface area contributed by atoms with Gasteiger partial charge in [-0.2, -0.15) is 4.98 Å². The molecule has 1 fully saturated rings. The number of oxazole rings is 1. The van der Waals surface area contributed by atoms with E-state index in [4.69, 9.17) is 4.42 Å². The Kier molecular flexibility index (Phi) is 4.91. The van der Waals surface area contributed by atoms with Gasteiger partial charge in [-0.25, -0.2) is 12.8 Å². The van der Waals surface area contributed by atoms with E-state index in [-0.39, 0.29) is 21.7 Å². The van der Waals surface area contributed by atoms with Gasteiger partial charge in [-0.05, 0) is 43.4 Å². The van der Waals surface area contributed by atoms with Crippen LogP contribution in [0.4, 0.5) is 10.3 Å². The molecular formula is C20H20FN3O3S. The van der Waals surface area contributed by atoms with E-state index in [1.165, 1.54) is 12.1 Å². The van der Waals surface area contributed by atoms with Crippen LogP contribution in [0.2, 0.25) is 0 Å². The molecule has 1 aromatic heterocycles. The number of sulfone groups is 1. The predicted molar refractivity (Wildman–Crippen MR) is 104 cm³/mol. The van der Waals surface area contributed by atoms with Gasteiger partial charge in [0.05, 0.1) is 4.90 Å². The number of anilines is 1. The molecule has 3 aromatic rings. The molecule has 4 rings (SSSR count). The topological polar surface area (TPSA) is 66.7 Å². The number of rotatable bonds is 4. The van der Waals surface area contributed by atoms with E-state index < -0.39 is 15.7 Å². The van der Waals surface area contributed by atoms with Crippen LogP contribution >= 0.6 is 0 Å². The molecule has 6 nitrogen and oxygen atoms in total. The molecule has 0 radical (unpaired) electrons. The van der Waals surface area contributed by atoms with E-state index in [0.29, 0.717) is 18.7 Å². The molecular weight excluding hydrogens is 381 g/mol. The van der Waals surface area contributed by atoms with Gasteiger partial charge in [-0.15, -0.1) is 0 Å². The van der Waals surface area contributed by atoms with Crippen molar-refractivity contribution in [2.24, 2.45) is 0 Å². The summed E-state index contributed by atoms with van der Waals surface area (Å²) in [5.74, 6) is -0.0186. The molecule has 0 atom stereocenters. The zero-order chi connectivity index (χ0) is 19.7. The SMILES string of the molecule is CN1CCN(c2oc(-c3ccccc3)nc2S(=O)(=O)c2ccc(F)cc2)CC1. The van der Waals surface area contributed by atoms with Crippen molar-refractivity contribution < 1.29 is 17.2 Å². The Bertz CT molecular complexity index is 1060. The van der Waals surface area contributed by atoms with Gasteiger partial charge in [0, 0.05) is 31.7 Å². The van der Waals surface area contributed by atoms with Crippen LogP contribution in [0.25, 0.3) is 11.5 Å². The van der Waals surface area contributed by atoms with Gasteiger partial charge in [-0.3, -0.25) is 0 Å². The van der Waals surface area contributed by atoms with E-state index in [0.717, 1.165) is 25.2 Å². The molecule has 0 N–H and O–H groups in total. The molecule has 0 unspecified atom stereocenters. The maximum Gasteiger partial charge on any atom is 0.236 e. The van der Waals surface area contributed by atoms with Gasteiger partial charge in [0.2, 0.25) is 26.6 Å². The van der Waals surface area contributed by atoms with Crippen LogP contribution in [0, 0.1) is 5.82 Å². The molecule has 0 saturated carbocycles. The van der Waals surface area contributed by atoms with Crippen LogP contribution in [-0.2, 0) is 9.84 Å². The molecule has 8 heteroatoms. The van der Waals surface area contributed by atoms with Gasteiger partial charge in [-0.1, -0.05) is 18.2 Å². The smallest absolute Gasteiger partial charge is 0.236 e. The summed E-state index contributed by atoms with van der Waals surface area (Å²) in [6.45, 7) is 2.84. The summed E-state index contributed by atoms with van der Waals surface area (Å²) >= 11 is 0. The fourth-order valence-electron chi connectivity index (χ4n) is 3.11. The number of hydrogen-bond donors (Lipinski definition) is 0. The Hall–Kier alpha value is -2.71. The lowest BCUT2D eigenvalue weighted by atomic mass is 10.2. The first-order valence-electron chi connectivity index (χ1n) is 8.95. The highest BCUT2D eigenvalue weighted by molar-refractivity contribution is 7.91. The number of likely N-dealkylation sites (N-methyl/N-ethyl adjacent to an activating group) is 1. The second-order valence-electron chi connectivity index (χ2n) is 6.74. The fourth-order valence-corrected chi connectivity index (χ4v) is 4.43. The predicted octanol–water partition coefficient (Wildman–Crippen LogP) is 3.07. The van der Waals surface area contributed by atoms with Crippen molar-refractivity contribution in [3.8, 4) is 11.5 Å². The number of aromatic nitrogens is 1. The Morgan fingerprint density at radius 1 is 0.964 bits per heavy atom. The summed E-state index contributed by atoms with van der Waals surface area (Å²) in [6.07, 6.45) is 0. The highest BCUT2D eigenvalue weighted by atomic mass is 32.2. The minimum Gasteiger partial charge on any atom is -0.419 e. The number of halogens is 1. The van der Waals surface area contributed by atoms with Crippen molar-refractivity contribution in [3.05, 3.63) is 60.4 Å². The third-order valence-electron chi connectivity index (χ3n) is 4.77. The molecule has 0 amide bonds. The average molecular weight is 401 g/mol. The first kappa shape index (κ1) is 18.6. The van der Waals surface area contributed by atoms with E-state index in [1.807, 2.05) is 42.3 Å². The quantitative estimate of drug-likeness (QED) is 0.626. The number of nitrogens with zero attached hydrogens (tertiary/aromatic N) is 3. The second-order valence-corrected chi connectivity index (χ2v) is 8.61. The Morgan fingerprint density at radius 2 is 1.61 bits per heavy atom. The minimum atomic E-state index is -3.96. The average Bonchev–Trinajstić information content (AvgIpc) is 3.16. The molecule has 2 heterocycles. The normalized spacial score (nSPS) is 15.7. The van der Waals surface area contributed by atoms with E-state index >= 15 is 0 Å². The molecule has 1 aliphatic heterocycles. The van der Waals surface area contributed by atoms with Gasteiger partial charge in [0.1, 0.15) is 5.82 Å². The summed E-state index contributed by atoms with van der Waals surface area (Å²) in [4.78, 5) is 8.39. The first-order chi connectivity index (χ1) is 13.4. The lowest BCUT2D eigenvalue weighted by molar-refractivity contribution is 0.305. The zero-order valence-corrected chi connectivity index (χ0v) is 16.2. The van der Waals surface area contributed by atoms with Gasteiger partial charge in [0.15, 0.2) is 0 Å². The first-order valence-corrected chi connectivity index (χ1v) is 10.4. The van der Waals surface area contributed by atoms with Crippen LogP contribution in [0.1, 0.15) is 0 Å². The molecule has 0 bridgehead atoms. The van der Waals surface area contributed by atoms with E-state index in [2.05, 4.69) is 9.88 Å². The van der Waals surface area contributed by atoms with Crippen molar-refractivity contribution >= 4 is 15.7 Å². The highest BCUT2D eigenvalue weighted by Crippen LogP contribution is 2.35. The molecule has 146 valence electrons. The van der Waals surface area contributed by atoms with Gasteiger partial charge >= 0.3 is 0 Å². The molecule has 0 spiro atoms. The van der Waals surface area contributed by atoms with Crippen LogP contribution in [-0.4, -0.2) is 51.5 Å². The Balaban J connectivity index is 1.82. The van der Waals surface area contributed by atoms with Gasteiger partial charge in [0.25, 0.3) is 0 Å². The summed E-state index contributed by atoms with van der Waals surface area (Å²) < 4.78 is 45.7. The monoisotopic (exact) mass is 401 g/mol. The van der Waals surface area contributed by atoms with Crippen LogP contribution < -0.4 is 4.90 Å². The lowest BCUT2D eigenvalue weighted by Gasteiger charge is -2.32. The Morgan fingerprint density at radius 3 is 2.25 bits per heavy atom. The van der Waals surface area contributed by atoms with Gasteiger partial charge < -0.3 is 14.2 Å². The maximum absolute atomic E-state index is 13.3. The van der Waals surface area contributed by atoms with E-state index in [9.17, 15) is 12.8 Å². The molecule has 28 heavy (non-hydrogen) atoms. The van der Waals surface area contributed by atoms with Crippen LogP contribution in [0.5, 0.6) is 0 Å². The van der Waals surface area contributed by atoms with Crippen molar-refractivity contribution in [2.75, 3.05) is 38.1 Å². The third-order valence-corrected chi connectivity index (χ3v) is 6.44. The van der Waals surface area contributed by atoms with Crippen molar-refractivity contribution in [1.82, 2.24) is 9.88 Å². The second kappa shape index (κ2) is 7.37. The van der Waals surface area contributed by atoms with Crippen LogP contribution in [0.3, 0.4) is 0 Å². The molecule has 1 saturated heterocycles. The van der Waals surface area contributed by atoms with Crippen LogP contribution in [0.15, 0.2) is 68.9 Å². The van der Waals surface area contributed by atoms with Crippen molar-refractivity contribution in [3.63, 3.8) is 0 Å². The number of hydrogen-bond acceptors (Lipinski definition) is 6. The summed E-state index contributed by atoms with van der Waals surface area (Å²) in [5, 5.41) is -0.137. The van der Waals surface area contributed by atoms with E-state index in [1.54, 1.807) is 0 Å². The fraction of sp³-hybridized carbons (Fsp3) is 0.250. The standard InChI is InChI=1S/C20H20FN3O3S/c1-23-11-13-24(14-12-23)20-19(22-18(27-20)15-5-3-2-4-6-15)28(25,26)17-9-7-16(21)8-10-17/h2-10H,11-14H2,1H3. The largest absolute Gasteiger partial charge is 0.419 e. The summed E-state index contributed by atoms with van der Waals surface area (Å²) in [7, 11) is -1.95. The molecule has 1 aliphatic rings. The molecule has 2 aromatic carbocycles.